The first-order valence-electron chi connectivity index (χ1n) is 33.3. The van der Waals surface area contributed by atoms with Crippen LogP contribution in [0.25, 0.3) is 83.1 Å². The molecule has 1 aromatic heterocycles. The Morgan fingerprint density at radius 1 is 0.261 bits per heavy atom. The molecule has 0 spiro atoms. The second-order valence-electron chi connectivity index (χ2n) is 29.4. The molecule has 0 atom stereocenters. The smallest absolute Gasteiger partial charge is 0.252 e. The van der Waals surface area contributed by atoms with Crippen molar-refractivity contribution in [1.82, 2.24) is 4.57 Å². The van der Waals surface area contributed by atoms with Crippen LogP contribution in [0.2, 0.25) is 0 Å². The minimum Gasteiger partial charge on any atom is -0.311 e. The molecule has 4 heteroatoms. The van der Waals surface area contributed by atoms with Gasteiger partial charge in [0.15, 0.2) is 0 Å². The standard InChI is InChI=1S/C88H76BN3/c1-85(2)46-48-87(5,6)74-51-63(32-41-72(74)85)60-28-37-67(38-29-60)90-80-44-35-65(58-22-14-10-15-23-58)53-76(80)89-77-54-66(59-24-16-11-17-25-59)36-45-81(77)91(68-39-30-61(31-40-68)64-33-42-73-75(52-64)88(7,8)49-47-86(73,3)4)83-56-69(55-82(90)84(83)89)92-78-27-19-18-26-70(78)71-50-62(34-43-79(71)92)57-20-12-9-13-21-57/h9-45,50-56H,46-49H2,1-8H3. The van der Waals surface area contributed by atoms with Gasteiger partial charge in [-0.25, -0.2) is 0 Å². The van der Waals surface area contributed by atoms with Crippen LogP contribution in [0.5, 0.6) is 0 Å². The zero-order chi connectivity index (χ0) is 62.4. The fraction of sp³-hybridized carbons (Fsp3) is 0.182. The van der Waals surface area contributed by atoms with E-state index in [-0.39, 0.29) is 28.4 Å². The number of para-hydroxylation sites is 1. The number of aromatic nitrogens is 1. The number of anilines is 6. The highest BCUT2D eigenvalue weighted by Gasteiger charge is 2.45. The number of fused-ring (bicyclic) bond motifs is 9. The second kappa shape index (κ2) is 20.8. The number of hydrogen-bond donors (Lipinski definition) is 0. The van der Waals surface area contributed by atoms with Gasteiger partial charge in [0.2, 0.25) is 0 Å². The number of hydrogen-bond acceptors (Lipinski definition) is 2. The molecule has 92 heavy (non-hydrogen) atoms. The van der Waals surface area contributed by atoms with E-state index < -0.39 is 0 Å². The van der Waals surface area contributed by atoms with Crippen LogP contribution < -0.4 is 26.2 Å². The van der Waals surface area contributed by atoms with Gasteiger partial charge in [0.1, 0.15) is 0 Å². The van der Waals surface area contributed by atoms with Crippen molar-refractivity contribution in [2.75, 3.05) is 9.80 Å². The maximum Gasteiger partial charge on any atom is 0.252 e. The summed E-state index contributed by atoms with van der Waals surface area (Å²) in [5.41, 5.74) is 32.8. The van der Waals surface area contributed by atoms with Gasteiger partial charge in [-0.1, -0.05) is 256 Å². The summed E-state index contributed by atoms with van der Waals surface area (Å²) < 4.78 is 2.54. The maximum atomic E-state index is 2.60. The molecule has 4 aliphatic rings. The minimum atomic E-state index is -0.129. The lowest BCUT2D eigenvalue weighted by Crippen LogP contribution is -2.61. The fourth-order valence-corrected chi connectivity index (χ4v) is 16.5. The molecule has 17 rings (SSSR count). The number of rotatable bonds is 8. The van der Waals surface area contributed by atoms with E-state index in [4.69, 9.17) is 0 Å². The summed E-state index contributed by atoms with van der Waals surface area (Å²) in [6, 6.07) is 102. The largest absolute Gasteiger partial charge is 0.311 e. The SMILES string of the molecule is CC1(C)CCC(C)(C)c2cc(-c3ccc(N4c5ccc(-c6ccccc6)cc5B5c6cc(-c7ccccc7)ccc6N(c6ccc(-c7ccc8c(c7)C(C)(C)CCC8(C)C)cc6)c6cc(-n7c8ccccc8c8cc(-c9ccccc9)ccc87)cc4c65)cc3)ccc21. The van der Waals surface area contributed by atoms with Crippen molar-refractivity contribution >= 4 is 79.0 Å². The second-order valence-corrected chi connectivity index (χ2v) is 29.4. The highest BCUT2D eigenvalue weighted by atomic mass is 15.2. The zero-order valence-electron chi connectivity index (χ0n) is 54.2. The van der Waals surface area contributed by atoms with Gasteiger partial charge >= 0.3 is 0 Å². The fourth-order valence-electron chi connectivity index (χ4n) is 16.5. The van der Waals surface area contributed by atoms with E-state index in [2.05, 4.69) is 337 Å². The molecule has 0 unspecified atom stereocenters. The summed E-state index contributed by atoms with van der Waals surface area (Å²) in [4.78, 5) is 5.19. The van der Waals surface area contributed by atoms with E-state index in [1.54, 1.807) is 0 Å². The Hall–Kier alpha value is -9.90. The molecule has 2 aliphatic heterocycles. The highest BCUT2D eigenvalue weighted by molar-refractivity contribution is 7.00. The van der Waals surface area contributed by atoms with E-state index >= 15 is 0 Å². The van der Waals surface area contributed by atoms with Crippen molar-refractivity contribution in [2.24, 2.45) is 0 Å². The Morgan fingerprint density at radius 3 is 1.07 bits per heavy atom. The minimum absolute atomic E-state index is 0.102. The van der Waals surface area contributed by atoms with E-state index in [0.29, 0.717) is 0 Å². The highest BCUT2D eigenvalue weighted by Crippen LogP contribution is 2.51. The monoisotopic (exact) mass is 1190 g/mol. The van der Waals surface area contributed by atoms with Crippen molar-refractivity contribution in [3.8, 4) is 61.3 Å². The van der Waals surface area contributed by atoms with E-state index in [0.717, 1.165) is 28.4 Å². The van der Waals surface area contributed by atoms with Crippen molar-refractivity contribution in [3.05, 3.63) is 289 Å². The number of benzene rings is 12. The zero-order valence-corrected chi connectivity index (χ0v) is 54.2. The van der Waals surface area contributed by atoms with Gasteiger partial charge < -0.3 is 14.4 Å². The summed E-state index contributed by atoms with van der Waals surface area (Å²) in [5.74, 6) is 0. The summed E-state index contributed by atoms with van der Waals surface area (Å²) >= 11 is 0. The molecule has 2 aliphatic carbocycles. The van der Waals surface area contributed by atoms with Crippen molar-refractivity contribution in [2.45, 2.75) is 103 Å². The topological polar surface area (TPSA) is 11.4 Å². The van der Waals surface area contributed by atoms with Crippen LogP contribution in [-0.2, 0) is 21.7 Å². The van der Waals surface area contributed by atoms with Crippen LogP contribution in [0.1, 0.15) is 103 Å². The molecule has 13 aromatic rings. The van der Waals surface area contributed by atoms with Crippen LogP contribution in [0, 0.1) is 0 Å². The first kappa shape index (κ1) is 56.1. The predicted molar refractivity (Wildman–Crippen MR) is 393 cm³/mol. The molecule has 0 bridgehead atoms. The summed E-state index contributed by atoms with van der Waals surface area (Å²) in [5, 5.41) is 2.46. The molecular formula is C88H76BN3. The third-order valence-electron chi connectivity index (χ3n) is 21.9. The first-order chi connectivity index (χ1) is 44.6. The third-order valence-corrected chi connectivity index (χ3v) is 21.9. The molecule has 446 valence electrons. The molecule has 0 saturated carbocycles. The van der Waals surface area contributed by atoms with Crippen LogP contribution in [0.4, 0.5) is 34.1 Å². The van der Waals surface area contributed by atoms with Crippen molar-refractivity contribution < 1.29 is 0 Å². The van der Waals surface area contributed by atoms with E-state index in [1.165, 1.54) is 153 Å². The molecule has 0 fully saturated rings. The Kier molecular flexibility index (Phi) is 12.7. The Bertz CT molecular complexity index is 4850. The Labute approximate surface area is 543 Å². The third kappa shape index (κ3) is 8.99. The lowest BCUT2D eigenvalue weighted by molar-refractivity contribution is 0.332. The van der Waals surface area contributed by atoms with Gasteiger partial charge in [-0.05, 0) is 208 Å². The Balaban J connectivity index is 0.926. The lowest BCUT2D eigenvalue weighted by atomic mass is 9.33. The molecule has 0 radical (unpaired) electrons. The molecule has 3 nitrogen and oxygen atoms in total. The maximum absolute atomic E-state index is 2.60. The van der Waals surface area contributed by atoms with Crippen LogP contribution in [-0.4, -0.2) is 11.3 Å². The van der Waals surface area contributed by atoms with Crippen molar-refractivity contribution in [3.63, 3.8) is 0 Å². The number of nitrogens with zero attached hydrogens (tertiary/aromatic N) is 3. The normalized spacial score (nSPS) is 16.2. The van der Waals surface area contributed by atoms with Crippen LogP contribution in [0.3, 0.4) is 0 Å². The van der Waals surface area contributed by atoms with Gasteiger partial charge in [-0.2, -0.15) is 0 Å². The first-order valence-corrected chi connectivity index (χ1v) is 33.3. The van der Waals surface area contributed by atoms with Gasteiger partial charge in [0.05, 0.1) is 16.7 Å². The van der Waals surface area contributed by atoms with E-state index in [9.17, 15) is 0 Å². The lowest BCUT2D eigenvalue weighted by Gasteiger charge is -2.44. The van der Waals surface area contributed by atoms with E-state index in [1.807, 2.05) is 0 Å². The van der Waals surface area contributed by atoms with Gasteiger partial charge in [-0.15, -0.1) is 0 Å². The van der Waals surface area contributed by atoms with Gasteiger partial charge in [-0.3, -0.25) is 0 Å². The summed E-state index contributed by atoms with van der Waals surface area (Å²) in [7, 11) is 0. The molecule has 0 N–H and O–H groups in total. The molecule has 0 amide bonds. The van der Waals surface area contributed by atoms with Gasteiger partial charge in [0, 0.05) is 44.9 Å². The molecular weight excluding hydrogens is 1110 g/mol. The average Bonchev–Trinajstić information content (AvgIpc) is 0.837. The molecule has 3 heterocycles. The van der Waals surface area contributed by atoms with Crippen LogP contribution >= 0.6 is 0 Å². The summed E-state index contributed by atoms with van der Waals surface area (Å²) in [6.07, 6.45) is 4.74. The molecule has 12 aromatic carbocycles. The van der Waals surface area contributed by atoms with Crippen LogP contribution in [0.15, 0.2) is 267 Å². The Morgan fingerprint density at radius 2 is 0.609 bits per heavy atom. The summed E-state index contributed by atoms with van der Waals surface area (Å²) in [6.45, 7) is 19.3. The molecule has 0 saturated heterocycles. The average molecular weight is 1190 g/mol. The predicted octanol–water partition coefficient (Wildman–Crippen LogP) is 21.9. The quantitative estimate of drug-likeness (QED) is 0.141. The van der Waals surface area contributed by atoms with Crippen molar-refractivity contribution in [1.29, 1.82) is 0 Å². The van der Waals surface area contributed by atoms with Gasteiger partial charge in [0.25, 0.3) is 6.71 Å².